The van der Waals surface area contributed by atoms with Gasteiger partial charge in [-0.1, -0.05) is 30.3 Å². The fourth-order valence-corrected chi connectivity index (χ4v) is 3.83. The van der Waals surface area contributed by atoms with Gasteiger partial charge in [0.05, 0.1) is 19.6 Å². The van der Waals surface area contributed by atoms with Crippen LogP contribution in [0.2, 0.25) is 0 Å². The lowest BCUT2D eigenvalue weighted by Gasteiger charge is -2.33. The maximum absolute atomic E-state index is 12.5. The minimum Gasteiger partial charge on any atom is -0.468 e. The Morgan fingerprint density at radius 2 is 1.92 bits per heavy atom. The van der Waals surface area contributed by atoms with Crippen molar-refractivity contribution < 1.29 is 28.6 Å². The van der Waals surface area contributed by atoms with Gasteiger partial charge in [-0.15, -0.1) is 0 Å². The van der Waals surface area contributed by atoms with E-state index in [1.165, 1.54) is 7.11 Å². The Balaban J connectivity index is 1.98. The predicted molar refractivity (Wildman–Crippen MR) is 86.9 cm³/mol. The quantitative estimate of drug-likeness (QED) is 0.474. The number of carbonyl (C=O) groups is 3. The number of hydrogen-bond donors (Lipinski definition) is 0. The van der Waals surface area contributed by atoms with Crippen LogP contribution < -0.4 is 4.74 Å². The number of cyclic esters (lactones) is 1. The van der Waals surface area contributed by atoms with Crippen molar-refractivity contribution in [1.82, 2.24) is 0 Å². The van der Waals surface area contributed by atoms with Gasteiger partial charge in [0.15, 0.2) is 5.92 Å². The van der Waals surface area contributed by atoms with E-state index in [9.17, 15) is 14.4 Å². The molecule has 0 aromatic heterocycles. The summed E-state index contributed by atoms with van der Waals surface area (Å²) in [5.74, 6) is -3.83. The smallest absolute Gasteiger partial charge is 0.326 e. The fourth-order valence-electron chi connectivity index (χ4n) is 3.83. The predicted octanol–water partition coefficient (Wildman–Crippen LogP) is 2.19. The molecule has 0 radical (unpaired) electrons. The molecule has 0 spiro atoms. The summed E-state index contributed by atoms with van der Waals surface area (Å²) >= 11 is 0. The van der Waals surface area contributed by atoms with E-state index in [-0.39, 0.29) is 6.61 Å². The Kier molecular flexibility index (Phi) is 3.67. The summed E-state index contributed by atoms with van der Waals surface area (Å²) in [6, 6.07) is 11.2. The number of ether oxygens (including phenoxy) is 3. The van der Waals surface area contributed by atoms with Gasteiger partial charge in [0.2, 0.25) is 0 Å². The topological polar surface area (TPSA) is 78.9 Å². The van der Waals surface area contributed by atoms with E-state index < -0.39 is 35.7 Å². The van der Waals surface area contributed by atoms with Crippen molar-refractivity contribution in [2.45, 2.75) is 12.3 Å². The zero-order valence-corrected chi connectivity index (χ0v) is 13.6. The van der Waals surface area contributed by atoms with Crippen LogP contribution in [0, 0.1) is 11.8 Å². The van der Waals surface area contributed by atoms with Crippen molar-refractivity contribution in [2.75, 3.05) is 13.7 Å². The molecule has 1 fully saturated rings. The maximum atomic E-state index is 12.5. The second-order valence-corrected chi connectivity index (χ2v) is 6.21. The maximum Gasteiger partial charge on any atom is 0.326 e. The Labute approximate surface area is 143 Å². The lowest BCUT2D eigenvalue weighted by molar-refractivity contribution is -0.159. The van der Waals surface area contributed by atoms with E-state index in [1.54, 1.807) is 6.07 Å². The Morgan fingerprint density at radius 3 is 2.64 bits per heavy atom. The van der Waals surface area contributed by atoms with E-state index in [2.05, 4.69) is 0 Å². The van der Waals surface area contributed by atoms with E-state index in [1.807, 2.05) is 30.3 Å². The normalized spacial score (nSPS) is 25.2. The molecule has 0 bridgehead atoms. The molecular weight excluding hydrogens is 324 g/mol. The molecule has 2 aliphatic rings. The van der Waals surface area contributed by atoms with Gasteiger partial charge in [-0.2, -0.15) is 0 Å². The summed E-state index contributed by atoms with van der Waals surface area (Å²) in [6.45, 7) is 0.281. The molecule has 0 N–H and O–H groups in total. The molecule has 1 saturated heterocycles. The molecule has 2 aromatic rings. The zero-order valence-electron chi connectivity index (χ0n) is 13.6. The highest BCUT2D eigenvalue weighted by molar-refractivity contribution is 6.02. The summed E-state index contributed by atoms with van der Waals surface area (Å²) in [7, 11) is 1.22. The van der Waals surface area contributed by atoms with Crippen LogP contribution in [0.25, 0.3) is 10.8 Å². The average molecular weight is 340 g/mol. The first-order valence-electron chi connectivity index (χ1n) is 8.09. The summed E-state index contributed by atoms with van der Waals surface area (Å²) in [4.78, 5) is 37.1. The minimum atomic E-state index is -1.18. The van der Waals surface area contributed by atoms with Gasteiger partial charge in [-0.3, -0.25) is 14.4 Å². The van der Waals surface area contributed by atoms with E-state index >= 15 is 0 Å². The SMILES string of the molecule is COC(=O)[C@H]1C(=O)Oc2ccc3ccccc3c2[C@H]1[C@@H]1CCOC1=O. The third kappa shape index (κ3) is 2.36. The molecular formula is C19H16O6. The minimum absolute atomic E-state index is 0.281. The van der Waals surface area contributed by atoms with Gasteiger partial charge in [0.25, 0.3) is 0 Å². The van der Waals surface area contributed by atoms with Crippen molar-refractivity contribution in [2.24, 2.45) is 11.8 Å². The first kappa shape index (κ1) is 15.6. The molecule has 0 saturated carbocycles. The molecule has 6 nitrogen and oxygen atoms in total. The molecule has 3 atom stereocenters. The first-order chi connectivity index (χ1) is 12.1. The molecule has 25 heavy (non-hydrogen) atoms. The zero-order chi connectivity index (χ0) is 17.6. The number of rotatable bonds is 2. The second-order valence-electron chi connectivity index (χ2n) is 6.21. The lowest BCUT2D eigenvalue weighted by Crippen LogP contribution is -2.42. The van der Waals surface area contributed by atoms with Crippen LogP contribution in [-0.4, -0.2) is 31.6 Å². The number of fused-ring (bicyclic) bond motifs is 3. The summed E-state index contributed by atoms with van der Waals surface area (Å²) < 4.78 is 15.3. The van der Waals surface area contributed by atoms with Crippen LogP contribution in [0.1, 0.15) is 17.9 Å². The average Bonchev–Trinajstić information content (AvgIpc) is 3.05. The van der Waals surface area contributed by atoms with Crippen LogP contribution in [0.5, 0.6) is 5.75 Å². The highest BCUT2D eigenvalue weighted by atomic mass is 16.6. The Morgan fingerprint density at radius 1 is 1.12 bits per heavy atom. The number of methoxy groups -OCH3 is 1. The third-order valence-corrected chi connectivity index (χ3v) is 4.95. The van der Waals surface area contributed by atoms with Crippen LogP contribution in [-0.2, 0) is 23.9 Å². The van der Waals surface area contributed by atoms with Crippen LogP contribution in [0.15, 0.2) is 36.4 Å². The number of benzene rings is 2. The lowest BCUT2D eigenvalue weighted by atomic mass is 9.73. The van der Waals surface area contributed by atoms with Gasteiger partial charge in [-0.25, -0.2) is 0 Å². The Bertz CT molecular complexity index is 887. The number of hydrogen-bond acceptors (Lipinski definition) is 6. The van der Waals surface area contributed by atoms with Crippen molar-refractivity contribution in [3.8, 4) is 5.75 Å². The summed E-state index contributed by atoms with van der Waals surface area (Å²) in [6.07, 6.45) is 0.451. The third-order valence-electron chi connectivity index (χ3n) is 4.95. The van der Waals surface area contributed by atoms with Crippen molar-refractivity contribution in [1.29, 1.82) is 0 Å². The standard InChI is InChI=1S/C19H16O6/c1-23-18(21)16-15(12-8-9-24-17(12)20)14-11-5-3-2-4-10(11)6-7-13(14)25-19(16)22/h2-7,12,15-16H,8-9H2,1H3/t12-,15+,16-/m0/s1. The van der Waals surface area contributed by atoms with Crippen molar-refractivity contribution in [3.05, 3.63) is 42.0 Å². The molecule has 0 aliphatic carbocycles. The highest BCUT2D eigenvalue weighted by Crippen LogP contribution is 2.48. The van der Waals surface area contributed by atoms with Crippen molar-refractivity contribution in [3.63, 3.8) is 0 Å². The number of esters is 3. The summed E-state index contributed by atoms with van der Waals surface area (Å²) in [5.41, 5.74) is 0.692. The largest absolute Gasteiger partial charge is 0.468 e. The van der Waals surface area contributed by atoms with Gasteiger partial charge < -0.3 is 14.2 Å². The van der Waals surface area contributed by atoms with Crippen LogP contribution >= 0.6 is 0 Å². The molecule has 2 heterocycles. The monoisotopic (exact) mass is 340 g/mol. The van der Waals surface area contributed by atoms with Crippen molar-refractivity contribution >= 4 is 28.7 Å². The molecule has 0 amide bonds. The molecule has 128 valence electrons. The van der Waals surface area contributed by atoms with Gasteiger partial charge >= 0.3 is 17.9 Å². The molecule has 0 unspecified atom stereocenters. The van der Waals surface area contributed by atoms with Gasteiger partial charge in [0, 0.05) is 11.5 Å². The van der Waals surface area contributed by atoms with Crippen LogP contribution in [0.4, 0.5) is 0 Å². The highest BCUT2D eigenvalue weighted by Gasteiger charge is 2.51. The fraction of sp³-hybridized carbons (Fsp3) is 0.316. The van der Waals surface area contributed by atoms with E-state index in [4.69, 9.17) is 14.2 Å². The molecule has 6 heteroatoms. The summed E-state index contributed by atoms with van der Waals surface area (Å²) in [5, 5.41) is 1.80. The number of carbonyl (C=O) groups excluding carboxylic acids is 3. The second kappa shape index (κ2) is 5.88. The van der Waals surface area contributed by atoms with E-state index in [0.717, 1.165) is 10.8 Å². The van der Waals surface area contributed by atoms with Crippen LogP contribution in [0.3, 0.4) is 0 Å². The van der Waals surface area contributed by atoms with E-state index in [0.29, 0.717) is 17.7 Å². The molecule has 4 rings (SSSR count). The Hall–Kier alpha value is -2.89. The van der Waals surface area contributed by atoms with Gasteiger partial charge in [0.1, 0.15) is 5.75 Å². The molecule has 2 aromatic carbocycles. The molecule has 2 aliphatic heterocycles. The van der Waals surface area contributed by atoms with Gasteiger partial charge in [-0.05, 0) is 23.3 Å². The first-order valence-corrected chi connectivity index (χ1v) is 8.09.